The van der Waals surface area contributed by atoms with Crippen LogP contribution in [-0.4, -0.2) is 40.0 Å². The standard InChI is InChI=1S/C15H20N2O4/c1-11-8-12(10-14(9-11)17(20)21)15(19)16(6-3-7-18)13-4-2-5-13/h8-10,13,18H,2-7H2,1H3. The van der Waals surface area contributed by atoms with E-state index in [4.69, 9.17) is 5.11 Å². The van der Waals surface area contributed by atoms with E-state index in [0.717, 1.165) is 19.3 Å². The number of rotatable bonds is 6. The lowest BCUT2D eigenvalue weighted by Gasteiger charge is -2.37. The quantitative estimate of drug-likeness (QED) is 0.644. The normalized spacial score (nSPS) is 14.6. The van der Waals surface area contributed by atoms with Crippen molar-refractivity contribution in [2.45, 2.75) is 38.6 Å². The Balaban J connectivity index is 2.24. The van der Waals surface area contributed by atoms with E-state index < -0.39 is 4.92 Å². The van der Waals surface area contributed by atoms with Gasteiger partial charge in [-0.05, 0) is 44.2 Å². The molecule has 0 radical (unpaired) electrons. The Morgan fingerprint density at radius 3 is 2.67 bits per heavy atom. The van der Waals surface area contributed by atoms with Crippen LogP contribution in [0.5, 0.6) is 0 Å². The van der Waals surface area contributed by atoms with Gasteiger partial charge in [0.1, 0.15) is 0 Å². The molecule has 21 heavy (non-hydrogen) atoms. The van der Waals surface area contributed by atoms with E-state index in [1.54, 1.807) is 17.9 Å². The zero-order valence-electron chi connectivity index (χ0n) is 12.1. The fraction of sp³-hybridized carbons (Fsp3) is 0.533. The van der Waals surface area contributed by atoms with Gasteiger partial charge in [0.2, 0.25) is 0 Å². The van der Waals surface area contributed by atoms with Crippen molar-refractivity contribution in [2.75, 3.05) is 13.2 Å². The fourth-order valence-electron chi connectivity index (χ4n) is 2.55. The first kappa shape index (κ1) is 15.4. The third-order valence-electron chi connectivity index (χ3n) is 3.85. The number of aryl methyl sites for hydroxylation is 1. The summed E-state index contributed by atoms with van der Waals surface area (Å²) in [7, 11) is 0. The van der Waals surface area contributed by atoms with Crippen LogP contribution in [0.2, 0.25) is 0 Å². The number of non-ortho nitro benzene ring substituents is 1. The summed E-state index contributed by atoms with van der Waals surface area (Å²) in [5.74, 6) is -0.181. The lowest BCUT2D eigenvalue weighted by molar-refractivity contribution is -0.384. The Labute approximate surface area is 123 Å². The van der Waals surface area contributed by atoms with Gasteiger partial charge in [-0.25, -0.2) is 0 Å². The monoisotopic (exact) mass is 292 g/mol. The molecule has 1 aliphatic carbocycles. The third-order valence-corrected chi connectivity index (χ3v) is 3.85. The van der Waals surface area contributed by atoms with E-state index in [2.05, 4.69) is 0 Å². The molecule has 1 aromatic carbocycles. The van der Waals surface area contributed by atoms with Gasteiger partial charge in [-0.1, -0.05) is 0 Å². The topological polar surface area (TPSA) is 83.7 Å². The van der Waals surface area contributed by atoms with E-state index in [9.17, 15) is 14.9 Å². The van der Waals surface area contributed by atoms with E-state index in [1.807, 2.05) is 0 Å². The Kier molecular flexibility index (Phi) is 4.90. The molecular weight excluding hydrogens is 272 g/mol. The molecule has 0 saturated heterocycles. The first-order valence-electron chi connectivity index (χ1n) is 7.21. The summed E-state index contributed by atoms with van der Waals surface area (Å²) >= 11 is 0. The lowest BCUT2D eigenvalue weighted by Crippen LogP contribution is -2.45. The molecule has 1 amide bonds. The van der Waals surface area contributed by atoms with Crippen LogP contribution in [-0.2, 0) is 0 Å². The molecule has 1 N–H and O–H groups in total. The highest BCUT2D eigenvalue weighted by molar-refractivity contribution is 5.95. The zero-order valence-corrected chi connectivity index (χ0v) is 12.1. The number of nitrogens with zero attached hydrogens (tertiary/aromatic N) is 2. The minimum Gasteiger partial charge on any atom is -0.396 e. The minimum absolute atomic E-state index is 0.0322. The largest absolute Gasteiger partial charge is 0.396 e. The van der Waals surface area contributed by atoms with Crippen molar-refractivity contribution in [1.29, 1.82) is 0 Å². The molecule has 1 saturated carbocycles. The summed E-state index contributed by atoms with van der Waals surface area (Å²) in [5, 5.41) is 19.9. The van der Waals surface area contributed by atoms with Gasteiger partial charge < -0.3 is 10.0 Å². The molecule has 0 unspecified atom stereocenters. The average molecular weight is 292 g/mol. The van der Waals surface area contributed by atoms with E-state index in [-0.39, 0.29) is 24.2 Å². The molecule has 2 rings (SSSR count). The summed E-state index contributed by atoms with van der Waals surface area (Å²) in [6.07, 6.45) is 3.55. The van der Waals surface area contributed by atoms with Crippen molar-refractivity contribution in [3.8, 4) is 0 Å². The predicted octanol–water partition coefficient (Wildman–Crippen LogP) is 2.28. The molecule has 0 atom stereocenters. The molecule has 114 valence electrons. The maximum absolute atomic E-state index is 12.6. The number of hydrogen-bond acceptors (Lipinski definition) is 4. The van der Waals surface area contributed by atoms with Gasteiger partial charge >= 0.3 is 0 Å². The van der Waals surface area contributed by atoms with Crippen LogP contribution in [0.15, 0.2) is 18.2 Å². The highest BCUT2D eigenvalue weighted by atomic mass is 16.6. The first-order chi connectivity index (χ1) is 10.0. The zero-order chi connectivity index (χ0) is 15.4. The maximum Gasteiger partial charge on any atom is 0.270 e. The number of carbonyl (C=O) groups is 1. The molecule has 0 bridgehead atoms. The molecule has 6 heteroatoms. The molecule has 1 aromatic rings. The van der Waals surface area contributed by atoms with Gasteiger partial charge in [-0.2, -0.15) is 0 Å². The van der Waals surface area contributed by atoms with Gasteiger partial charge in [-0.15, -0.1) is 0 Å². The number of benzene rings is 1. The Bertz CT molecular complexity index is 540. The molecule has 0 heterocycles. The maximum atomic E-state index is 12.6. The molecule has 1 fully saturated rings. The summed E-state index contributed by atoms with van der Waals surface area (Å²) in [5.41, 5.74) is 0.990. The van der Waals surface area contributed by atoms with Crippen molar-refractivity contribution in [1.82, 2.24) is 4.90 Å². The molecule has 6 nitrogen and oxygen atoms in total. The molecule has 1 aliphatic rings. The average Bonchev–Trinajstić information content (AvgIpc) is 2.39. The second-order valence-corrected chi connectivity index (χ2v) is 5.47. The van der Waals surface area contributed by atoms with Crippen molar-refractivity contribution >= 4 is 11.6 Å². The van der Waals surface area contributed by atoms with Crippen LogP contribution in [0, 0.1) is 17.0 Å². The predicted molar refractivity (Wildman–Crippen MR) is 78.2 cm³/mol. The second kappa shape index (κ2) is 6.67. The number of nitro benzene ring substituents is 1. The smallest absolute Gasteiger partial charge is 0.270 e. The molecular formula is C15H20N2O4. The summed E-state index contributed by atoms with van der Waals surface area (Å²) < 4.78 is 0. The van der Waals surface area contributed by atoms with E-state index >= 15 is 0 Å². The van der Waals surface area contributed by atoms with E-state index in [1.165, 1.54) is 12.1 Å². The Morgan fingerprint density at radius 1 is 1.43 bits per heavy atom. The summed E-state index contributed by atoms with van der Waals surface area (Å²) in [4.78, 5) is 24.8. The van der Waals surface area contributed by atoms with Gasteiger partial charge in [-0.3, -0.25) is 14.9 Å². The van der Waals surface area contributed by atoms with Crippen LogP contribution in [0.4, 0.5) is 5.69 Å². The van der Waals surface area contributed by atoms with Crippen LogP contribution in [0.3, 0.4) is 0 Å². The van der Waals surface area contributed by atoms with Gasteiger partial charge in [0, 0.05) is 36.9 Å². The van der Waals surface area contributed by atoms with Gasteiger partial charge in [0.25, 0.3) is 11.6 Å². The summed E-state index contributed by atoms with van der Waals surface area (Å²) in [6, 6.07) is 4.67. The first-order valence-corrected chi connectivity index (χ1v) is 7.21. The van der Waals surface area contributed by atoms with Crippen LogP contribution in [0.1, 0.15) is 41.6 Å². The third kappa shape index (κ3) is 3.58. The van der Waals surface area contributed by atoms with Crippen LogP contribution >= 0.6 is 0 Å². The number of aliphatic hydroxyl groups is 1. The second-order valence-electron chi connectivity index (χ2n) is 5.47. The molecule has 0 aromatic heterocycles. The summed E-state index contributed by atoms with van der Waals surface area (Å²) in [6.45, 7) is 2.26. The highest BCUT2D eigenvalue weighted by Crippen LogP contribution is 2.27. The SMILES string of the molecule is Cc1cc(C(=O)N(CCCO)C2CCC2)cc([N+](=O)[O-])c1. The van der Waals surface area contributed by atoms with Gasteiger partial charge in [0.15, 0.2) is 0 Å². The number of amides is 1. The molecule has 0 aliphatic heterocycles. The van der Waals surface area contributed by atoms with Crippen molar-refractivity contribution < 1.29 is 14.8 Å². The van der Waals surface area contributed by atoms with Crippen LogP contribution in [0.25, 0.3) is 0 Å². The molecule has 0 spiro atoms. The fourth-order valence-corrected chi connectivity index (χ4v) is 2.55. The minimum atomic E-state index is -0.481. The van der Waals surface area contributed by atoms with E-state index in [0.29, 0.717) is 24.1 Å². The number of hydrogen-bond donors (Lipinski definition) is 1. The number of nitro groups is 1. The Hall–Kier alpha value is -1.95. The van der Waals surface area contributed by atoms with Crippen molar-refractivity contribution in [3.63, 3.8) is 0 Å². The number of aliphatic hydroxyl groups excluding tert-OH is 1. The number of carbonyl (C=O) groups excluding carboxylic acids is 1. The van der Waals surface area contributed by atoms with Crippen LogP contribution < -0.4 is 0 Å². The van der Waals surface area contributed by atoms with Crippen molar-refractivity contribution in [2.24, 2.45) is 0 Å². The highest BCUT2D eigenvalue weighted by Gasteiger charge is 2.29. The van der Waals surface area contributed by atoms with Gasteiger partial charge in [0.05, 0.1) is 4.92 Å². The van der Waals surface area contributed by atoms with Crippen molar-refractivity contribution in [3.05, 3.63) is 39.4 Å². The Morgan fingerprint density at radius 2 is 2.14 bits per heavy atom. The lowest BCUT2D eigenvalue weighted by atomic mass is 9.90.